The summed E-state index contributed by atoms with van der Waals surface area (Å²) in [4.78, 5) is 26.3. The van der Waals surface area contributed by atoms with Gasteiger partial charge in [0.25, 0.3) is 5.91 Å². The van der Waals surface area contributed by atoms with Gasteiger partial charge in [-0.15, -0.1) is 0 Å². The second-order valence-corrected chi connectivity index (χ2v) is 7.12. The number of rotatable bonds is 5. The van der Waals surface area contributed by atoms with Gasteiger partial charge in [-0.25, -0.2) is 0 Å². The molecule has 1 saturated heterocycles. The average Bonchev–Trinajstić information content (AvgIpc) is 3.16. The third-order valence-electron chi connectivity index (χ3n) is 3.08. The van der Waals surface area contributed by atoms with Gasteiger partial charge in [0, 0.05) is 24.5 Å². The minimum atomic E-state index is -0.269. The van der Waals surface area contributed by atoms with Crippen LogP contribution in [0.5, 0.6) is 0 Å². The molecule has 10 heteroatoms. The Bertz CT molecular complexity index is 792. The van der Waals surface area contributed by atoms with Gasteiger partial charge in [0.1, 0.15) is 4.32 Å². The van der Waals surface area contributed by atoms with Crippen LogP contribution in [0.15, 0.2) is 35.2 Å². The normalized spacial score (nSPS) is 16.0. The first-order chi connectivity index (χ1) is 11.6. The molecule has 122 valence electrons. The molecule has 1 aliphatic heterocycles. The molecule has 2 heterocycles. The van der Waals surface area contributed by atoms with E-state index in [2.05, 4.69) is 20.1 Å². The summed E-state index contributed by atoms with van der Waals surface area (Å²) in [7, 11) is 0. The van der Waals surface area contributed by atoms with E-state index in [1.807, 2.05) is 30.3 Å². The second kappa shape index (κ2) is 7.60. The third-order valence-corrected chi connectivity index (χ3v) is 4.97. The lowest BCUT2D eigenvalue weighted by Crippen LogP contribution is -2.31. The maximum atomic E-state index is 12.4. The number of nitrogens with zero attached hydrogens (tertiary/aromatic N) is 4. The van der Waals surface area contributed by atoms with Crippen LogP contribution in [0.2, 0.25) is 0 Å². The molecule has 0 saturated carbocycles. The predicted octanol–water partition coefficient (Wildman–Crippen LogP) is 2.16. The van der Waals surface area contributed by atoms with Crippen molar-refractivity contribution in [2.45, 2.75) is 6.42 Å². The molecule has 3 rings (SSSR count). The quantitative estimate of drug-likeness (QED) is 0.631. The molecule has 0 unspecified atom stereocenters. The van der Waals surface area contributed by atoms with E-state index in [1.165, 1.54) is 16.7 Å². The number of benzene rings is 1. The zero-order valence-electron chi connectivity index (χ0n) is 12.2. The number of carbonyl (C=O) groups is 2. The van der Waals surface area contributed by atoms with E-state index >= 15 is 0 Å². The molecule has 0 atom stereocenters. The number of thiocarbonyl (C=S) groups is 1. The Morgan fingerprint density at radius 3 is 2.83 bits per heavy atom. The fourth-order valence-corrected chi connectivity index (χ4v) is 3.66. The number of hydrogen-bond donors (Lipinski definition) is 1. The molecule has 24 heavy (non-hydrogen) atoms. The van der Waals surface area contributed by atoms with Gasteiger partial charge in [0.15, 0.2) is 0 Å². The van der Waals surface area contributed by atoms with Crippen LogP contribution in [0, 0.1) is 0 Å². The Labute approximate surface area is 151 Å². The Morgan fingerprint density at radius 2 is 2.12 bits per heavy atom. The van der Waals surface area contributed by atoms with Crippen LogP contribution in [-0.4, -0.2) is 42.4 Å². The number of amides is 2. The van der Waals surface area contributed by atoms with Crippen LogP contribution in [0.3, 0.4) is 0 Å². The van der Waals surface area contributed by atoms with E-state index in [-0.39, 0.29) is 24.8 Å². The Hall–Kier alpha value is -2.17. The van der Waals surface area contributed by atoms with Gasteiger partial charge < -0.3 is 0 Å². The first kappa shape index (κ1) is 16.7. The summed E-state index contributed by atoms with van der Waals surface area (Å²) in [6, 6.07) is 9.54. The molecular weight excluding hydrogens is 366 g/mol. The van der Waals surface area contributed by atoms with Gasteiger partial charge in [-0.05, 0) is 16.9 Å². The Morgan fingerprint density at radius 1 is 1.33 bits per heavy atom. The van der Waals surface area contributed by atoms with Gasteiger partial charge in [0.2, 0.25) is 11.0 Å². The molecule has 1 aliphatic rings. The molecule has 1 N–H and O–H groups in total. The highest BCUT2D eigenvalue weighted by atomic mass is 32.2. The van der Waals surface area contributed by atoms with Crippen LogP contribution in [0.25, 0.3) is 6.08 Å². The maximum absolute atomic E-state index is 12.4. The van der Waals surface area contributed by atoms with E-state index in [0.29, 0.717) is 14.4 Å². The molecule has 1 fully saturated rings. The number of nitrogens with one attached hydrogen (secondary N) is 1. The van der Waals surface area contributed by atoms with Crippen molar-refractivity contribution in [3.63, 3.8) is 0 Å². The average molecular weight is 377 g/mol. The summed E-state index contributed by atoms with van der Waals surface area (Å²) >= 11 is 7.47. The van der Waals surface area contributed by atoms with E-state index < -0.39 is 0 Å². The molecule has 2 aromatic rings. The van der Waals surface area contributed by atoms with E-state index in [1.54, 1.807) is 6.08 Å². The number of carbonyl (C=O) groups excluding carboxylic acids is 2. The second-order valence-electron chi connectivity index (χ2n) is 4.71. The summed E-state index contributed by atoms with van der Waals surface area (Å²) in [6.45, 7) is 0.217. The molecule has 0 aliphatic carbocycles. The summed E-state index contributed by atoms with van der Waals surface area (Å²) in [5.74, 6) is -0.450. The number of thioether (sulfide) groups is 1. The Kier molecular flexibility index (Phi) is 5.28. The number of hydrogen-bond acceptors (Lipinski definition) is 8. The summed E-state index contributed by atoms with van der Waals surface area (Å²) in [6.07, 6.45) is 1.91. The van der Waals surface area contributed by atoms with Crippen molar-refractivity contribution in [2.75, 3.05) is 11.9 Å². The summed E-state index contributed by atoms with van der Waals surface area (Å²) in [5, 5.41) is 9.92. The topological polar surface area (TPSA) is 88.1 Å². The lowest BCUT2D eigenvalue weighted by atomic mass is 10.2. The van der Waals surface area contributed by atoms with E-state index in [0.717, 1.165) is 17.1 Å². The molecule has 0 spiro atoms. The van der Waals surface area contributed by atoms with Gasteiger partial charge in [-0.1, -0.05) is 63.9 Å². The standard InChI is InChI=1S/C14H11N5O2S3/c20-11(15-13-16-17-18-24-13)6-7-19-12(21)10(23-14(19)22)8-9-4-2-1-3-5-9/h1-5,8H,6-7H2,(H,15,16,18,20)/b10-8-. The molecule has 2 amide bonds. The first-order valence-corrected chi connectivity index (χ1v) is 8.88. The van der Waals surface area contributed by atoms with Crippen molar-refractivity contribution >= 4 is 62.9 Å². The maximum Gasteiger partial charge on any atom is 0.266 e. The molecule has 1 aromatic carbocycles. The fraction of sp³-hybridized carbons (Fsp3) is 0.143. The third kappa shape index (κ3) is 4.02. The van der Waals surface area contributed by atoms with E-state index in [9.17, 15) is 9.59 Å². The summed E-state index contributed by atoms with van der Waals surface area (Å²) in [5.41, 5.74) is 0.930. The van der Waals surface area contributed by atoms with Gasteiger partial charge in [-0.3, -0.25) is 19.8 Å². The van der Waals surface area contributed by atoms with Crippen LogP contribution >= 0.6 is 35.5 Å². The highest BCUT2D eigenvalue weighted by molar-refractivity contribution is 8.26. The van der Waals surface area contributed by atoms with Crippen LogP contribution in [0.4, 0.5) is 5.13 Å². The van der Waals surface area contributed by atoms with Crippen molar-refractivity contribution in [2.24, 2.45) is 0 Å². The van der Waals surface area contributed by atoms with Gasteiger partial charge in [-0.2, -0.15) is 0 Å². The van der Waals surface area contributed by atoms with Crippen molar-refractivity contribution in [3.05, 3.63) is 40.8 Å². The number of aromatic nitrogens is 3. The molecule has 0 radical (unpaired) electrons. The van der Waals surface area contributed by atoms with Crippen LogP contribution < -0.4 is 5.32 Å². The van der Waals surface area contributed by atoms with Gasteiger partial charge in [0.05, 0.1) is 4.91 Å². The zero-order chi connectivity index (χ0) is 16.9. The monoisotopic (exact) mass is 377 g/mol. The van der Waals surface area contributed by atoms with Crippen molar-refractivity contribution in [1.29, 1.82) is 0 Å². The molecule has 0 bridgehead atoms. The largest absolute Gasteiger partial charge is 0.299 e. The lowest BCUT2D eigenvalue weighted by Gasteiger charge is -2.13. The fourth-order valence-electron chi connectivity index (χ4n) is 1.97. The highest BCUT2D eigenvalue weighted by Gasteiger charge is 2.32. The van der Waals surface area contributed by atoms with E-state index in [4.69, 9.17) is 12.2 Å². The van der Waals surface area contributed by atoms with Crippen molar-refractivity contribution < 1.29 is 9.59 Å². The minimum absolute atomic E-state index is 0.116. The smallest absolute Gasteiger partial charge is 0.266 e. The lowest BCUT2D eigenvalue weighted by molar-refractivity contribution is -0.122. The molecular formula is C14H11N5O2S3. The van der Waals surface area contributed by atoms with Gasteiger partial charge >= 0.3 is 0 Å². The molecule has 7 nitrogen and oxygen atoms in total. The Balaban J connectivity index is 1.60. The number of anilines is 1. The van der Waals surface area contributed by atoms with Crippen LogP contribution in [-0.2, 0) is 9.59 Å². The summed E-state index contributed by atoms with van der Waals surface area (Å²) < 4.78 is 4.01. The van der Waals surface area contributed by atoms with Crippen molar-refractivity contribution in [3.8, 4) is 0 Å². The SMILES string of the molecule is O=C(CCN1C(=O)/C(=C/c2ccccc2)SC1=S)Nc1nnns1. The first-order valence-electron chi connectivity index (χ1n) is 6.89. The minimum Gasteiger partial charge on any atom is -0.299 e. The van der Waals surface area contributed by atoms with Crippen LogP contribution in [0.1, 0.15) is 12.0 Å². The zero-order valence-corrected chi connectivity index (χ0v) is 14.7. The highest BCUT2D eigenvalue weighted by Crippen LogP contribution is 2.32. The van der Waals surface area contributed by atoms with Crippen molar-refractivity contribution in [1.82, 2.24) is 19.7 Å². The molecule has 1 aromatic heterocycles. The predicted molar refractivity (Wildman–Crippen MR) is 97.3 cm³/mol.